The quantitative estimate of drug-likeness (QED) is 0.254. The van der Waals surface area contributed by atoms with Gasteiger partial charge in [-0.1, -0.05) is 0 Å². The fourth-order valence-corrected chi connectivity index (χ4v) is 3.12. The lowest BCUT2D eigenvalue weighted by Crippen LogP contribution is -2.54. The van der Waals surface area contributed by atoms with Crippen molar-refractivity contribution in [2.24, 2.45) is 0 Å². The highest BCUT2D eigenvalue weighted by Gasteiger charge is 2.73. The molecule has 2 aromatic rings. The number of carbonyl (C=O) groups excluding carboxylic acids is 1. The lowest BCUT2D eigenvalue weighted by molar-refractivity contribution is -0.376. The second-order valence-corrected chi connectivity index (χ2v) is 7.35. The first-order valence-electron chi connectivity index (χ1n) is 8.97. The third kappa shape index (κ3) is 4.40. The summed E-state index contributed by atoms with van der Waals surface area (Å²) in [7, 11) is 0. The van der Waals surface area contributed by atoms with Gasteiger partial charge in [0.1, 0.15) is 0 Å². The Morgan fingerprint density at radius 2 is 0.806 bits per heavy atom. The maximum atomic E-state index is 13.2. The van der Waals surface area contributed by atoms with Crippen LogP contribution in [0.2, 0.25) is 0 Å². The van der Waals surface area contributed by atoms with Gasteiger partial charge in [-0.25, -0.2) is 0 Å². The van der Waals surface area contributed by atoms with Gasteiger partial charge in [0, 0.05) is 33.6 Å². The van der Waals surface area contributed by atoms with Crippen molar-refractivity contribution in [1.82, 2.24) is 0 Å². The number of hydrogen-bond donors (Lipinski definition) is 4. The number of nitrogens with two attached hydrogens (primary N) is 2. The molecule has 0 heterocycles. The summed E-state index contributed by atoms with van der Waals surface area (Å²) < 4.78 is 159. The number of ketones is 1. The van der Waals surface area contributed by atoms with E-state index in [2.05, 4.69) is 0 Å². The van der Waals surface area contributed by atoms with E-state index in [1.165, 1.54) is 0 Å². The van der Waals surface area contributed by atoms with Crippen molar-refractivity contribution in [2.75, 3.05) is 11.5 Å². The Hall–Kier alpha value is -3.21. The molecule has 6 N–H and O–H groups in total. The van der Waals surface area contributed by atoms with Crippen LogP contribution in [-0.2, 0) is 11.2 Å². The molecule has 0 spiro atoms. The maximum Gasteiger partial charge on any atom is 0.430 e. The summed E-state index contributed by atoms with van der Waals surface area (Å²) >= 11 is 0. The van der Waals surface area contributed by atoms with Crippen molar-refractivity contribution < 1.29 is 67.7 Å². The zero-order valence-electron chi connectivity index (χ0n) is 17.0. The second kappa shape index (κ2) is 8.43. The summed E-state index contributed by atoms with van der Waals surface area (Å²) in [6.07, 6.45) is -25.7. The van der Waals surface area contributed by atoms with Crippen LogP contribution in [0.15, 0.2) is 36.4 Å². The summed E-state index contributed by atoms with van der Waals surface area (Å²) in [6, 6.07) is 1.31. The number of benzene rings is 2. The average Bonchev–Trinajstić information content (AvgIpc) is 2.69. The number of carbonyl (C=O) groups is 1. The zero-order chi connectivity index (χ0) is 28.3. The van der Waals surface area contributed by atoms with Crippen LogP contribution in [0.3, 0.4) is 0 Å². The SMILES string of the molecule is Nc1ccc(C(=O)c2ccc(N)c(C(O)(C(F)(F)F)C(F)(F)F)c2)cc1C(O)(C(F)(F)F)C(F)(F)F. The molecule has 2 aromatic carbocycles. The largest absolute Gasteiger partial charge is 0.430 e. The molecule has 0 aliphatic heterocycles. The highest BCUT2D eigenvalue weighted by molar-refractivity contribution is 6.09. The minimum absolute atomic E-state index is 0.172. The number of halogens is 12. The molecule has 0 aliphatic rings. The summed E-state index contributed by atoms with van der Waals surface area (Å²) in [5.41, 5.74) is -9.98. The zero-order valence-corrected chi connectivity index (χ0v) is 17.0. The van der Waals surface area contributed by atoms with E-state index in [-0.39, 0.29) is 12.1 Å². The molecule has 17 heteroatoms. The molecule has 0 aromatic heterocycles. The molecule has 0 saturated heterocycles. The van der Waals surface area contributed by atoms with Gasteiger partial charge >= 0.3 is 24.7 Å². The molecule has 0 unspecified atom stereocenters. The van der Waals surface area contributed by atoms with Gasteiger partial charge in [-0.05, 0) is 36.4 Å². The van der Waals surface area contributed by atoms with Crippen LogP contribution >= 0.6 is 0 Å². The fraction of sp³-hybridized carbons (Fsp3) is 0.316. The molecular formula is C19H12F12N2O3. The van der Waals surface area contributed by atoms with E-state index in [1.54, 1.807) is 0 Å². The number of nitrogen functional groups attached to an aromatic ring is 2. The maximum absolute atomic E-state index is 13.2. The monoisotopic (exact) mass is 544 g/mol. The van der Waals surface area contributed by atoms with Gasteiger partial charge in [0.25, 0.3) is 11.2 Å². The first kappa shape index (κ1) is 29.0. The average molecular weight is 544 g/mol. The van der Waals surface area contributed by atoms with Crippen molar-refractivity contribution in [3.8, 4) is 0 Å². The smallest absolute Gasteiger partial charge is 0.398 e. The number of anilines is 2. The third-order valence-electron chi connectivity index (χ3n) is 5.05. The van der Waals surface area contributed by atoms with Crippen molar-refractivity contribution in [3.63, 3.8) is 0 Å². The fourth-order valence-electron chi connectivity index (χ4n) is 3.12. The van der Waals surface area contributed by atoms with E-state index in [0.29, 0.717) is 24.3 Å². The Morgan fingerprint density at radius 3 is 1.03 bits per heavy atom. The van der Waals surface area contributed by atoms with Crippen molar-refractivity contribution in [1.29, 1.82) is 0 Å². The molecule has 5 nitrogen and oxygen atoms in total. The van der Waals surface area contributed by atoms with Crippen LogP contribution in [0.4, 0.5) is 64.1 Å². The van der Waals surface area contributed by atoms with Crippen LogP contribution in [0.25, 0.3) is 0 Å². The van der Waals surface area contributed by atoms with E-state index in [4.69, 9.17) is 11.5 Å². The van der Waals surface area contributed by atoms with E-state index in [1.807, 2.05) is 0 Å². The molecule has 0 atom stereocenters. The van der Waals surface area contributed by atoms with Crippen LogP contribution in [0.5, 0.6) is 0 Å². The summed E-state index contributed by atoms with van der Waals surface area (Å²) in [4.78, 5) is 12.7. The van der Waals surface area contributed by atoms with Crippen molar-refractivity contribution in [2.45, 2.75) is 35.9 Å². The molecule has 2 rings (SSSR count). The van der Waals surface area contributed by atoms with Crippen molar-refractivity contribution in [3.05, 3.63) is 58.7 Å². The lowest BCUT2D eigenvalue weighted by Gasteiger charge is -2.34. The summed E-state index contributed by atoms with van der Waals surface area (Å²) in [6.45, 7) is 0. The molecule has 200 valence electrons. The molecule has 0 saturated carbocycles. The van der Waals surface area contributed by atoms with E-state index in [9.17, 15) is 67.7 Å². The van der Waals surface area contributed by atoms with Gasteiger partial charge in [-0.3, -0.25) is 4.79 Å². The lowest BCUT2D eigenvalue weighted by atomic mass is 9.86. The first-order valence-corrected chi connectivity index (χ1v) is 8.97. The van der Waals surface area contributed by atoms with Gasteiger partial charge in [0.15, 0.2) is 5.78 Å². The number of aliphatic hydroxyl groups is 2. The topological polar surface area (TPSA) is 110 Å². The van der Waals surface area contributed by atoms with E-state index < -0.39 is 75.3 Å². The van der Waals surface area contributed by atoms with Gasteiger partial charge in [-0.2, -0.15) is 52.7 Å². The van der Waals surface area contributed by atoms with Gasteiger partial charge in [0.2, 0.25) is 0 Å². The Kier molecular flexibility index (Phi) is 6.80. The second-order valence-electron chi connectivity index (χ2n) is 7.35. The number of hydrogen-bond acceptors (Lipinski definition) is 5. The molecule has 0 fully saturated rings. The Bertz CT molecular complexity index is 1050. The molecule has 0 aliphatic carbocycles. The predicted molar refractivity (Wildman–Crippen MR) is 97.2 cm³/mol. The normalized spacial score (nSPS) is 14.2. The van der Waals surface area contributed by atoms with Crippen LogP contribution in [-0.4, -0.2) is 40.7 Å². The van der Waals surface area contributed by atoms with Crippen LogP contribution < -0.4 is 11.5 Å². The van der Waals surface area contributed by atoms with Gasteiger partial charge in [-0.15, -0.1) is 0 Å². The highest BCUT2D eigenvalue weighted by atomic mass is 19.4. The molecule has 36 heavy (non-hydrogen) atoms. The Morgan fingerprint density at radius 1 is 0.556 bits per heavy atom. The van der Waals surface area contributed by atoms with E-state index >= 15 is 0 Å². The Balaban J connectivity index is 2.76. The Labute approximate surface area is 191 Å². The van der Waals surface area contributed by atoms with Crippen LogP contribution in [0.1, 0.15) is 27.0 Å². The van der Waals surface area contributed by atoms with Gasteiger partial charge in [0.05, 0.1) is 0 Å². The van der Waals surface area contributed by atoms with Crippen LogP contribution in [0, 0.1) is 0 Å². The number of alkyl halides is 12. The molecule has 0 amide bonds. The number of rotatable bonds is 4. The molecule has 0 bridgehead atoms. The first-order chi connectivity index (χ1) is 15.9. The summed E-state index contributed by atoms with van der Waals surface area (Å²) in [5.74, 6) is -1.70. The molecule has 0 radical (unpaired) electrons. The van der Waals surface area contributed by atoms with Gasteiger partial charge < -0.3 is 21.7 Å². The highest BCUT2D eigenvalue weighted by Crippen LogP contribution is 2.53. The standard InChI is InChI=1S/C19H12F12N2O3/c20-16(21,22)14(35,17(23,24)25)9-5-7(1-3-11(9)32)13(34)8-2-4-12(33)10(6-8)15(36,18(26,27)28)19(29,30)31/h1-6,35-36H,32-33H2. The minimum atomic E-state index is -6.43. The minimum Gasteiger partial charge on any atom is -0.398 e. The molecular weight excluding hydrogens is 532 g/mol. The van der Waals surface area contributed by atoms with E-state index in [0.717, 1.165) is 0 Å². The third-order valence-corrected chi connectivity index (χ3v) is 5.05. The predicted octanol–water partition coefficient (Wildman–Crippen LogP) is 4.71. The summed E-state index contributed by atoms with van der Waals surface area (Å²) in [5, 5.41) is 19.1. The van der Waals surface area contributed by atoms with Crippen molar-refractivity contribution >= 4 is 17.2 Å².